The van der Waals surface area contributed by atoms with Gasteiger partial charge in [0.1, 0.15) is 11.6 Å². The predicted molar refractivity (Wildman–Crippen MR) is 121 cm³/mol. The smallest absolute Gasteiger partial charge is 0.216 e. The summed E-state index contributed by atoms with van der Waals surface area (Å²) in [6.07, 6.45) is 1.33. The zero-order valence-corrected chi connectivity index (χ0v) is 20.5. The number of hydrogen-bond acceptors (Lipinski definition) is 6. The molecule has 0 aromatic carbocycles. The minimum atomic E-state index is 0.00463. The molecule has 0 aromatic rings. The van der Waals surface area contributed by atoms with Crippen LogP contribution in [0.4, 0.5) is 0 Å². The van der Waals surface area contributed by atoms with Gasteiger partial charge < -0.3 is 30.9 Å². The fourth-order valence-corrected chi connectivity index (χ4v) is 0. The Labute approximate surface area is 174 Å². The lowest BCUT2D eigenvalue weighted by atomic mass is 10.4. The average Bonchev–Trinajstić information content (AvgIpc) is 2.69. The van der Waals surface area contributed by atoms with Gasteiger partial charge in [0.25, 0.3) is 0 Å². The van der Waals surface area contributed by atoms with Crippen LogP contribution in [0.1, 0.15) is 68.2 Å². The molecule has 172 valence electrons. The Hall–Kier alpha value is -1.80. The Morgan fingerprint density at radius 1 is 0.536 bits per heavy atom. The molecule has 0 atom stereocenters. The Morgan fingerprint density at radius 3 is 0.643 bits per heavy atom. The van der Waals surface area contributed by atoms with Crippen molar-refractivity contribution in [3.63, 3.8) is 0 Å². The van der Waals surface area contributed by atoms with Gasteiger partial charge in [-0.3, -0.25) is 9.59 Å². The first kappa shape index (κ1) is 40.8. The van der Waals surface area contributed by atoms with Crippen LogP contribution in [0.25, 0.3) is 0 Å². The van der Waals surface area contributed by atoms with E-state index in [0.29, 0.717) is 12.8 Å². The van der Waals surface area contributed by atoms with E-state index in [0.717, 1.165) is 13.1 Å². The van der Waals surface area contributed by atoms with Crippen molar-refractivity contribution >= 4 is 23.4 Å². The van der Waals surface area contributed by atoms with Gasteiger partial charge in [-0.05, 0) is 41.0 Å². The second kappa shape index (κ2) is 44.6. The molecule has 8 nitrogen and oxygen atoms in total. The topological polar surface area (TPSA) is 116 Å². The van der Waals surface area contributed by atoms with Crippen LogP contribution in [0.3, 0.4) is 0 Å². The first-order valence-corrected chi connectivity index (χ1v) is 9.56. The van der Waals surface area contributed by atoms with Crippen LogP contribution in [0.15, 0.2) is 0 Å². The van der Waals surface area contributed by atoms with E-state index in [2.05, 4.69) is 35.1 Å². The number of carbonyl (C=O) groups is 4. The third kappa shape index (κ3) is 194. The van der Waals surface area contributed by atoms with Crippen LogP contribution in [-0.4, -0.2) is 64.7 Å². The predicted octanol–water partition coefficient (Wildman–Crippen LogP) is 1.93. The second-order valence-electron chi connectivity index (χ2n) is 5.14. The van der Waals surface area contributed by atoms with Crippen molar-refractivity contribution in [3.05, 3.63) is 0 Å². The van der Waals surface area contributed by atoms with Gasteiger partial charge in [-0.1, -0.05) is 27.7 Å². The number of hydrogen-bond donors (Lipinski definition) is 4. The summed E-state index contributed by atoms with van der Waals surface area (Å²) in [5.74, 6) is 0.519. The van der Waals surface area contributed by atoms with Crippen molar-refractivity contribution in [2.45, 2.75) is 68.2 Å². The van der Waals surface area contributed by atoms with E-state index in [-0.39, 0.29) is 23.4 Å². The largest absolute Gasteiger partial charge is 0.359 e. The average molecular weight is 409 g/mol. The molecule has 4 N–H and O–H groups in total. The molecule has 0 rings (SSSR count). The molecule has 0 unspecified atom stereocenters. The molecule has 0 heterocycles. The van der Waals surface area contributed by atoms with Gasteiger partial charge in [0.15, 0.2) is 0 Å². The molecule has 0 spiro atoms. The lowest BCUT2D eigenvalue weighted by Crippen LogP contribution is -2.11. The lowest BCUT2D eigenvalue weighted by Gasteiger charge is -1.80. The summed E-state index contributed by atoms with van der Waals surface area (Å²) in [6, 6.07) is 0. The van der Waals surface area contributed by atoms with Crippen molar-refractivity contribution < 1.29 is 19.2 Å². The number of nitrogens with one attached hydrogen (secondary N) is 4. The van der Waals surface area contributed by atoms with E-state index >= 15 is 0 Å². The fraction of sp³-hybridized carbons (Fsp3) is 0.800. The molecule has 0 aromatic heterocycles. The van der Waals surface area contributed by atoms with Crippen LogP contribution in [0.2, 0.25) is 0 Å². The molecule has 28 heavy (non-hydrogen) atoms. The van der Waals surface area contributed by atoms with Crippen LogP contribution in [0, 0.1) is 0 Å². The van der Waals surface area contributed by atoms with Gasteiger partial charge in [-0.2, -0.15) is 0 Å². The minimum Gasteiger partial charge on any atom is -0.359 e. The number of amides is 2. The van der Waals surface area contributed by atoms with E-state index in [1.54, 1.807) is 27.9 Å². The van der Waals surface area contributed by atoms with Gasteiger partial charge in [0.2, 0.25) is 11.8 Å². The summed E-state index contributed by atoms with van der Waals surface area (Å²) >= 11 is 0. The van der Waals surface area contributed by atoms with Crippen molar-refractivity contribution in [1.82, 2.24) is 21.3 Å². The lowest BCUT2D eigenvalue weighted by molar-refractivity contribution is -0.119. The highest BCUT2D eigenvalue weighted by Crippen LogP contribution is 1.72. The van der Waals surface area contributed by atoms with Crippen molar-refractivity contribution in [3.8, 4) is 0 Å². The maximum Gasteiger partial charge on any atom is 0.216 e. The molecule has 0 fully saturated rings. The van der Waals surface area contributed by atoms with Gasteiger partial charge in [-0.25, -0.2) is 0 Å². The highest BCUT2D eigenvalue weighted by atomic mass is 16.2. The maximum atomic E-state index is 9.81. The first-order chi connectivity index (χ1) is 12.9. The zero-order valence-electron chi connectivity index (χ0n) is 20.5. The van der Waals surface area contributed by atoms with Gasteiger partial charge in [-0.15, -0.1) is 0 Å². The van der Waals surface area contributed by atoms with Crippen LogP contribution >= 0.6 is 0 Å². The number of carbonyl (C=O) groups excluding carboxylic acids is 4. The summed E-state index contributed by atoms with van der Waals surface area (Å²) in [5, 5.41) is 10.6. The van der Waals surface area contributed by atoms with E-state index in [4.69, 9.17) is 0 Å². The summed E-state index contributed by atoms with van der Waals surface area (Å²) in [5.41, 5.74) is 0. The molecular formula is C20H48N4O4. The Balaban J connectivity index is -0.0000000520. The summed E-state index contributed by atoms with van der Waals surface area (Å²) in [6.45, 7) is 16.1. The van der Waals surface area contributed by atoms with E-state index in [9.17, 15) is 19.2 Å². The number of rotatable bonds is 4. The van der Waals surface area contributed by atoms with Crippen LogP contribution in [-0.2, 0) is 19.2 Å². The molecule has 2 amide bonds. The van der Waals surface area contributed by atoms with E-state index in [1.807, 2.05) is 27.9 Å². The highest BCUT2D eigenvalue weighted by molar-refractivity contribution is 5.75. The van der Waals surface area contributed by atoms with Crippen LogP contribution < -0.4 is 21.3 Å². The van der Waals surface area contributed by atoms with Crippen LogP contribution in [0.5, 0.6) is 0 Å². The summed E-state index contributed by atoms with van der Waals surface area (Å²) in [7, 11) is 7.06. The number of Topliss-reactive ketones (excluding diaryl/α,β-unsaturated/α-hetero) is 2. The Morgan fingerprint density at radius 2 is 0.643 bits per heavy atom. The molecular weight excluding hydrogens is 360 g/mol. The van der Waals surface area contributed by atoms with Crippen molar-refractivity contribution in [2.24, 2.45) is 0 Å². The molecule has 0 aliphatic carbocycles. The van der Waals surface area contributed by atoms with Crippen molar-refractivity contribution in [1.29, 1.82) is 0 Å². The monoisotopic (exact) mass is 408 g/mol. The summed E-state index contributed by atoms with van der Waals surface area (Å²) < 4.78 is 0. The molecule has 0 aliphatic heterocycles. The Bertz CT molecular complexity index is 272. The quantitative estimate of drug-likeness (QED) is 0.565. The van der Waals surface area contributed by atoms with E-state index in [1.165, 1.54) is 13.8 Å². The normalized spacial score (nSPS) is 7.29. The maximum absolute atomic E-state index is 9.81. The molecule has 8 heteroatoms. The molecule has 0 saturated carbocycles. The van der Waals surface area contributed by atoms with E-state index < -0.39 is 0 Å². The minimum absolute atomic E-state index is 0.00463. The molecule has 0 saturated heterocycles. The third-order valence-corrected chi connectivity index (χ3v) is 2.41. The standard InChI is InChI=1S/2C4H8O.2C3H7NO.2C3H9N/c2*1-3-4(2)5;2*1-3(5)4-2;2*1-3-4-2/h2*3H2,1-2H3;2*1-2H3,(H,4,5);2*4H,3H2,1-2H3. The molecule has 0 radical (unpaired) electrons. The molecule has 0 bridgehead atoms. The van der Waals surface area contributed by atoms with Gasteiger partial charge >= 0.3 is 0 Å². The Kier molecular flexibility index (Phi) is 64.9. The fourth-order valence-electron chi connectivity index (χ4n) is 0. The SMILES string of the molecule is CCC(C)=O.CCC(C)=O.CCNC.CCNC.CNC(C)=O.CNC(C)=O. The number of ketones is 2. The molecule has 0 aliphatic rings. The van der Waals surface area contributed by atoms with Gasteiger partial charge in [0, 0.05) is 40.8 Å². The van der Waals surface area contributed by atoms with Crippen molar-refractivity contribution in [2.75, 3.05) is 41.3 Å². The summed E-state index contributed by atoms with van der Waals surface area (Å²) in [4.78, 5) is 39.0. The third-order valence-electron chi connectivity index (χ3n) is 2.41. The van der Waals surface area contributed by atoms with Gasteiger partial charge in [0.05, 0.1) is 0 Å². The first-order valence-electron chi connectivity index (χ1n) is 9.56. The highest BCUT2D eigenvalue weighted by Gasteiger charge is 1.77. The second-order valence-corrected chi connectivity index (χ2v) is 5.14. The zero-order chi connectivity index (χ0) is 24.0.